The number of carbonyl (C=O) groups is 1. The topological polar surface area (TPSA) is 41.5 Å². The van der Waals surface area contributed by atoms with Gasteiger partial charge in [0.1, 0.15) is 0 Å². The minimum Gasteiger partial charge on any atom is -0.273 e. The summed E-state index contributed by atoms with van der Waals surface area (Å²) < 4.78 is 0. The van der Waals surface area contributed by atoms with Crippen molar-refractivity contribution in [2.75, 3.05) is 0 Å². The number of carbonyl (C=O) groups excluding carboxylic acids is 1. The molecule has 0 saturated carbocycles. The number of thiophene rings is 1. The normalized spacial score (nSPS) is 11.2. The molecule has 24 heavy (non-hydrogen) atoms. The summed E-state index contributed by atoms with van der Waals surface area (Å²) in [4.78, 5) is 13.3. The summed E-state index contributed by atoms with van der Waals surface area (Å²) in [5.41, 5.74) is 8.68. The molecule has 1 N–H and O–H groups in total. The zero-order chi connectivity index (χ0) is 17.5. The summed E-state index contributed by atoms with van der Waals surface area (Å²) in [5.74, 6) is -0.0166. The molecule has 0 bridgehead atoms. The number of hydrogen-bond donors (Lipinski definition) is 1. The summed E-state index contributed by atoms with van der Waals surface area (Å²) in [6, 6.07) is 6.40. The van der Waals surface area contributed by atoms with Gasteiger partial charge in [-0.05, 0) is 80.7 Å². The van der Waals surface area contributed by atoms with Crippen LogP contribution in [0.3, 0.4) is 0 Å². The van der Waals surface area contributed by atoms with Crippen LogP contribution in [0.1, 0.15) is 52.0 Å². The minimum atomic E-state index is -0.0166. The fraction of sp³-hybridized carbons (Fsp3) is 0.400. The molecule has 0 spiro atoms. The van der Waals surface area contributed by atoms with Gasteiger partial charge in [0.15, 0.2) is 0 Å². The van der Waals surface area contributed by atoms with Crippen LogP contribution in [0.25, 0.3) is 0 Å². The predicted octanol–water partition coefficient (Wildman–Crippen LogP) is 4.84. The van der Waals surface area contributed by atoms with E-state index in [2.05, 4.69) is 61.8 Å². The highest BCUT2D eigenvalue weighted by molar-refractivity contribution is 7.09. The Bertz CT molecular complexity index is 691. The predicted molar refractivity (Wildman–Crippen MR) is 103 cm³/mol. The Morgan fingerprint density at radius 3 is 2.50 bits per heavy atom. The van der Waals surface area contributed by atoms with Crippen molar-refractivity contribution in [3.63, 3.8) is 0 Å². The monoisotopic (exact) mass is 342 g/mol. The van der Waals surface area contributed by atoms with Gasteiger partial charge in [0.2, 0.25) is 5.91 Å². The number of hydrogen-bond acceptors (Lipinski definition) is 3. The highest BCUT2D eigenvalue weighted by atomic mass is 32.1. The zero-order valence-corrected chi connectivity index (χ0v) is 15.8. The van der Waals surface area contributed by atoms with Gasteiger partial charge in [-0.3, -0.25) is 4.79 Å². The van der Waals surface area contributed by atoms with Gasteiger partial charge in [-0.15, -0.1) is 11.3 Å². The molecular weight excluding hydrogens is 316 g/mol. The molecule has 1 aromatic heterocycles. The van der Waals surface area contributed by atoms with Gasteiger partial charge in [0, 0.05) is 16.9 Å². The van der Waals surface area contributed by atoms with Gasteiger partial charge in [0.25, 0.3) is 0 Å². The average molecular weight is 343 g/mol. The lowest BCUT2D eigenvalue weighted by molar-refractivity contribution is -0.121. The number of benzene rings is 1. The Kier molecular flexibility index (Phi) is 6.73. The lowest BCUT2D eigenvalue weighted by Crippen LogP contribution is -2.17. The highest BCUT2D eigenvalue weighted by Crippen LogP contribution is 2.19. The number of aryl methyl sites for hydroxylation is 3. The largest absolute Gasteiger partial charge is 0.273 e. The third-order valence-corrected chi connectivity index (χ3v) is 5.40. The van der Waals surface area contributed by atoms with Crippen molar-refractivity contribution in [3.8, 4) is 0 Å². The van der Waals surface area contributed by atoms with Gasteiger partial charge in [-0.1, -0.05) is 12.1 Å². The van der Waals surface area contributed by atoms with Crippen LogP contribution < -0.4 is 5.43 Å². The Hall–Kier alpha value is -1.94. The Labute approximate surface area is 148 Å². The van der Waals surface area contributed by atoms with Crippen molar-refractivity contribution in [1.82, 2.24) is 5.43 Å². The van der Waals surface area contributed by atoms with Crippen LogP contribution in [0.4, 0.5) is 0 Å². The van der Waals surface area contributed by atoms with E-state index in [1.807, 2.05) is 0 Å². The van der Waals surface area contributed by atoms with E-state index in [1.54, 1.807) is 17.6 Å². The smallest absolute Gasteiger partial charge is 0.240 e. The molecule has 2 aromatic rings. The molecule has 4 heteroatoms. The number of rotatable bonds is 7. The molecule has 0 fully saturated rings. The quantitative estimate of drug-likeness (QED) is 0.436. The van der Waals surface area contributed by atoms with Crippen LogP contribution in [0.5, 0.6) is 0 Å². The Morgan fingerprint density at radius 2 is 1.88 bits per heavy atom. The van der Waals surface area contributed by atoms with Crippen molar-refractivity contribution in [2.45, 2.75) is 53.4 Å². The summed E-state index contributed by atoms with van der Waals surface area (Å²) in [6.07, 6.45) is 5.27. The van der Waals surface area contributed by atoms with E-state index in [-0.39, 0.29) is 5.91 Å². The Balaban J connectivity index is 1.80. The van der Waals surface area contributed by atoms with Crippen LogP contribution in [0, 0.1) is 27.7 Å². The first kappa shape index (κ1) is 18.4. The number of amides is 1. The maximum absolute atomic E-state index is 11.9. The molecular formula is C20H26N2OS. The molecule has 1 heterocycles. The van der Waals surface area contributed by atoms with Gasteiger partial charge in [-0.25, -0.2) is 5.43 Å². The maximum atomic E-state index is 11.9. The van der Waals surface area contributed by atoms with Crippen LogP contribution in [-0.4, -0.2) is 12.1 Å². The van der Waals surface area contributed by atoms with E-state index in [9.17, 15) is 4.79 Å². The molecule has 2 rings (SSSR count). The van der Waals surface area contributed by atoms with Gasteiger partial charge in [-0.2, -0.15) is 5.10 Å². The second-order valence-corrected chi connectivity index (χ2v) is 7.29. The molecule has 0 aliphatic heterocycles. The summed E-state index contributed by atoms with van der Waals surface area (Å²) in [7, 11) is 0. The molecule has 1 amide bonds. The standard InChI is InChI=1S/C20H26N2OS/c1-14-12-15(2)17(4)19(16(14)3)13-21-22-20(23)10-6-5-8-18-9-7-11-24-18/h7,9,11-13H,5-6,8,10H2,1-4H3,(H,22,23)/b21-13+. The molecule has 128 valence electrons. The third-order valence-electron chi connectivity index (χ3n) is 4.46. The van der Waals surface area contributed by atoms with Crippen molar-refractivity contribution in [1.29, 1.82) is 0 Å². The van der Waals surface area contributed by atoms with Crippen LogP contribution in [-0.2, 0) is 11.2 Å². The lowest BCUT2D eigenvalue weighted by atomic mass is 9.95. The van der Waals surface area contributed by atoms with Gasteiger partial charge in [0.05, 0.1) is 6.21 Å². The highest BCUT2D eigenvalue weighted by Gasteiger charge is 2.06. The van der Waals surface area contributed by atoms with Crippen LogP contribution >= 0.6 is 11.3 Å². The van der Waals surface area contributed by atoms with E-state index in [0.29, 0.717) is 6.42 Å². The van der Waals surface area contributed by atoms with Crippen molar-refractivity contribution >= 4 is 23.5 Å². The average Bonchev–Trinajstić information content (AvgIpc) is 3.06. The van der Waals surface area contributed by atoms with Crippen molar-refractivity contribution in [2.24, 2.45) is 5.10 Å². The first-order chi connectivity index (χ1) is 11.5. The number of hydrazone groups is 1. The fourth-order valence-electron chi connectivity index (χ4n) is 2.71. The SMILES string of the molecule is Cc1cc(C)c(C)c(/C=N/NC(=O)CCCCc2cccs2)c1C. The number of nitrogens with zero attached hydrogens (tertiary/aromatic N) is 1. The minimum absolute atomic E-state index is 0.0166. The first-order valence-electron chi connectivity index (χ1n) is 8.40. The summed E-state index contributed by atoms with van der Waals surface area (Å²) >= 11 is 1.77. The second-order valence-electron chi connectivity index (χ2n) is 6.25. The lowest BCUT2D eigenvalue weighted by Gasteiger charge is -2.11. The third kappa shape index (κ3) is 5.03. The molecule has 0 saturated heterocycles. The van der Waals surface area contributed by atoms with Crippen molar-refractivity contribution < 1.29 is 4.79 Å². The van der Waals surface area contributed by atoms with E-state index >= 15 is 0 Å². The molecule has 0 atom stereocenters. The maximum Gasteiger partial charge on any atom is 0.240 e. The van der Waals surface area contributed by atoms with Gasteiger partial charge < -0.3 is 0 Å². The summed E-state index contributed by atoms with van der Waals surface area (Å²) in [5, 5.41) is 6.24. The van der Waals surface area contributed by atoms with E-state index in [4.69, 9.17) is 0 Å². The number of unbranched alkanes of at least 4 members (excludes halogenated alkanes) is 1. The Morgan fingerprint density at radius 1 is 1.17 bits per heavy atom. The molecule has 0 aliphatic carbocycles. The second kappa shape index (κ2) is 8.78. The van der Waals surface area contributed by atoms with Crippen LogP contribution in [0.15, 0.2) is 28.7 Å². The molecule has 0 unspecified atom stereocenters. The first-order valence-corrected chi connectivity index (χ1v) is 9.28. The van der Waals surface area contributed by atoms with E-state index in [1.165, 1.54) is 27.1 Å². The molecule has 0 radical (unpaired) electrons. The van der Waals surface area contributed by atoms with E-state index in [0.717, 1.165) is 24.8 Å². The van der Waals surface area contributed by atoms with Gasteiger partial charge >= 0.3 is 0 Å². The van der Waals surface area contributed by atoms with E-state index < -0.39 is 0 Å². The molecule has 1 aromatic carbocycles. The molecule has 0 aliphatic rings. The summed E-state index contributed by atoms with van der Waals surface area (Å²) in [6.45, 7) is 8.39. The van der Waals surface area contributed by atoms with Crippen molar-refractivity contribution in [3.05, 3.63) is 56.3 Å². The number of nitrogens with one attached hydrogen (secondary N) is 1. The fourth-order valence-corrected chi connectivity index (χ4v) is 3.46. The zero-order valence-electron chi connectivity index (χ0n) is 15.0. The molecule has 3 nitrogen and oxygen atoms in total. The van der Waals surface area contributed by atoms with Crippen LogP contribution in [0.2, 0.25) is 0 Å².